The van der Waals surface area contributed by atoms with Gasteiger partial charge in [0.15, 0.2) is 0 Å². The van der Waals surface area contributed by atoms with Crippen LogP contribution >= 0.6 is 23.7 Å². The van der Waals surface area contributed by atoms with Crippen molar-refractivity contribution in [3.63, 3.8) is 0 Å². The number of carbonyl (C=O) groups is 1. The lowest BCUT2D eigenvalue weighted by Crippen LogP contribution is -2.49. The van der Waals surface area contributed by atoms with Gasteiger partial charge in [-0.1, -0.05) is 0 Å². The molecule has 0 radical (unpaired) electrons. The molecule has 1 atom stereocenters. The van der Waals surface area contributed by atoms with E-state index in [-0.39, 0.29) is 22.2 Å². The lowest BCUT2D eigenvalue weighted by molar-refractivity contribution is 0.0602. The number of halogens is 1. The van der Waals surface area contributed by atoms with Crippen molar-refractivity contribution in [2.24, 2.45) is 7.05 Å². The summed E-state index contributed by atoms with van der Waals surface area (Å²) in [5.41, 5.74) is 0.544. The first-order chi connectivity index (χ1) is 11.9. The third-order valence-corrected chi connectivity index (χ3v) is 7.51. The molecule has 3 rings (SSSR count). The molecule has 0 spiro atoms. The summed E-state index contributed by atoms with van der Waals surface area (Å²) in [6, 6.07) is -0.441. The van der Waals surface area contributed by atoms with E-state index in [0.717, 1.165) is 11.3 Å². The number of carbonyl (C=O) groups excluding carboxylic acids is 1. The lowest BCUT2D eigenvalue weighted by atomic mass is 10.2. The van der Waals surface area contributed by atoms with Crippen LogP contribution in [0.2, 0.25) is 0 Å². The maximum absolute atomic E-state index is 13.4. The van der Waals surface area contributed by atoms with Gasteiger partial charge in [-0.25, -0.2) is 18.2 Å². The van der Waals surface area contributed by atoms with Crippen LogP contribution in [-0.2, 0) is 21.8 Å². The Morgan fingerprint density at radius 2 is 2.19 bits per heavy atom. The number of methoxy groups -OCH3 is 1. The van der Waals surface area contributed by atoms with Crippen LogP contribution in [0, 0.1) is 6.92 Å². The number of aromatic nitrogens is 2. The molecule has 1 aliphatic heterocycles. The average Bonchev–Trinajstić information content (AvgIpc) is 3.20. The quantitative estimate of drug-likeness (QED) is 0.750. The fourth-order valence-electron chi connectivity index (χ4n) is 3.00. The van der Waals surface area contributed by atoms with Gasteiger partial charge in [0.25, 0.3) is 0 Å². The number of imidazole rings is 1. The van der Waals surface area contributed by atoms with E-state index in [4.69, 9.17) is 4.74 Å². The van der Waals surface area contributed by atoms with Crippen molar-refractivity contribution in [1.82, 2.24) is 19.2 Å². The molecular weight excluding hydrogens is 400 g/mol. The summed E-state index contributed by atoms with van der Waals surface area (Å²) in [4.78, 5) is 16.5. The molecule has 0 saturated carbocycles. The van der Waals surface area contributed by atoms with Gasteiger partial charge >= 0.3 is 5.97 Å². The molecule has 1 saturated heterocycles. The van der Waals surface area contributed by atoms with E-state index in [1.807, 2.05) is 11.6 Å². The van der Waals surface area contributed by atoms with E-state index in [9.17, 15) is 13.2 Å². The molecular formula is C15H21ClN4O4S2. The third-order valence-electron chi connectivity index (χ3n) is 4.21. The lowest BCUT2D eigenvalue weighted by Gasteiger charge is -2.34. The topological polar surface area (TPSA) is 93.5 Å². The summed E-state index contributed by atoms with van der Waals surface area (Å²) in [5, 5.41) is 4.88. The van der Waals surface area contributed by atoms with Gasteiger partial charge in [0.2, 0.25) is 10.0 Å². The van der Waals surface area contributed by atoms with Crippen LogP contribution in [0.4, 0.5) is 0 Å². The molecule has 1 fully saturated rings. The van der Waals surface area contributed by atoms with E-state index in [1.54, 1.807) is 24.7 Å². The van der Waals surface area contributed by atoms with E-state index < -0.39 is 22.0 Å². The maximum Gasteiger partial charge on any atom is 0.349 e. The van der Waals surface area contributed by atoms with Crippen molar-refractivity contribution in [3.05, 3.63) is 34.0 Å². The van der Waals surface area contributed by atoms with Gasteiger partial charge in [0.1, 0.15) is 15.6 Å². The molecule has 1 N–H and O–H groups in total. The SMILES string of the molecule is COC(=O)c1scc(C)c1S(=O)(=O)N1CCNCC1c1nccn1C.Cl. The molecule has 1 aliphatic rings. The number of piperazine rings is 1. The fraction of sp³-hybridized carbons (Fsp3) is 0.467. The van der Waals surface area contributed by atoms with Gasteiger partial charge in [0.05, 0.1) is 13.2 Å². The number of thiophene rings is 1. The number of nitrogens with one attached hydrogen (secondary N) is 1. The first-order valence-electron chi connectivity index (χ1n) is 7.74. The number of sulfonamides is 1. The predicted octanol–water partition coefficient (Wildman–Crippen LogP) is 1.33. The largest absolute Gasteiger partial charge is 0.465 e. The molecule has 1 unspecified atom stereocenters. The molecule has 3 heterocycles. The van der Waals surface area contributed by atoms with Crippen LogP contribution in [-0.4, -0.2) is 55.0 Å². The van der Waals surface area contributed by atoms with Crippen molar-refractivity contribution in [2.45, 2.75) is 17.9 Å². The monoisotopic (exact) mass is 420 g/mol. The average molecular weight is 421 g/mol. The van der Waals surface area contributed by atoms with Crippen LogP contribution in [0.5, 0.6) is 0 Å². The zero-order valence-electron chi connectivity index (χ0n) is 14.6. The van der Waals surface area contributed by atoms with Crippen molar-refractivity contribution in [1.29, 1.82) is 0 Å². The molecule has 11 heteroatoms. The van der Waals surface area contributed by atoms with Crippen LogP contribution in [0.1, 0.15) is 27.1 Å². The minimum atomic E-state index is -3.88. The number of aryl methyl sites for hydroxylation is 2. The molecule has 144 valence electrons. The minimum absolute atomic E-state index is 0. The van der Waals surface area contributed by atoms with Gasteiger partial charge in [-0.05, 0) is 17.9 Å². The van der Waals surface area contributed by atoms with E-state index in [0.29, 0.717) is 31.0 Å². The van der Waals surface area contributed by atoms with Gasteiger partial charge < -0.3 is 14.6 Å². The Morgan fingerprint density at radius 1 is 1.46 bits per heavy atom. The van der Waals surface area contributed by atoms with Gasteiger partial charge in [-0.2, -0.15) is 4.31 Å². The highest BCUT2D eigenvalue weighted by molar-refractivity contribution is 7.89. The summed E-state index contributed by atoms with van der Waals surface area (Å²) in [6.45, 7) is 2.99. The molecule has 0 aromatic carbocycles. The summed E-state index contributed by atoms with van der Waals surface area (Å²) >= 11 is 1.08. The second kappa shape index (κ2) is 8.05. The highest BCUT2D eigenvalue weighted by Gasteiger charge is 2.39. The molecule has 0 amide bonds. The van der Waals surface area contributed by atoms with Crippen LogP contribution in [0.3, 0.4) is 0 Å². The molecule has 2 aromatic heterocycles. The summed E-state index contributed by atoms with van der Waals surface area (Å²) in [7, 11) is -0.801. The molecule has 2 aromatic rings. The third kappa shape index (κ3) is 3.52. The fourth-order valence-corrected chi connectivity index (χ4v) is 6.24. The Bertz CT molecular complexity index is 893. The second-order valence-corrected chi connectivity index (χ2v) is 8.51. The van der Waals surface area contributed by atoms with Gasteiger partial charge in [-0.3, -0.25) is 0 Å². The molecule has 0 bridgehead atoms. The van der Waals surface area contributed by atoms with E-state index in [1.165, 1.54) is 11.4 Å². The molecule has 8 nitrogen and oxygen atoms in total. The summed E-state index contributed by atoms with van der Waals surface area (Å²) in [6.07, 6.45) is 3.43. The van der Waals surface area contributed by atoms with Crippen LogP contribution in [0.15, 0.2) is 22.7 Å². The normalized spacial score (nSPS) is 18.3. The smallest absolute Gasteiger partial charge is 0.349 e. The predicted molar refractivity (Wildman–Crippen MR) is 100 cm³/mol. The number of hydrogen-bond acceptors (Lipinski definition) is 7. The van der Waals surface area contributed by atoms with Gasteiger partial charge in [-0.15, -0.1) is 23.7 Å². The maximum atomic E-state index is 13.4. The number of nitrogens with zero attached hydrogens (tertiary/aromatic N) is 3. The summed E-state index contributed by atoms with van der Waals surface area (Å²) in [5.74, 6) is 0.0172. The standard InChI is InChI=1S/C15H20N4O4S2.ClH/c1-10-9-24-12(15(20)23-3)13(10)25(21,22)19-7-4-16-8-11(19)14-17-5-6-18(14)2;/h5-6,9,11,16H,4,7-8H2,1-3H3;1H. The van der Waals surface area contributed by atoms with E-state index >= 15 is 0 Å². The minimum Gasteiger partial charge on any atom is -0.465 e. The van der Waals surface area contributed by atoms with Crippen LogP contribution in [0.25, 0.3) is 0 Å². The van der Waals surface area contributed by atoms with Crippen molar-refractivity contribution in [3.8, 4) is 0 Å². The Labute approximate surface area is 162 Å². The van der Waals surface area contributed by atoms with Crippen molar-refractivity contribution >= 4 is 39.7 Å². The van der Waals surface area contributed by atoms with Gasteiger partial charge in [0, 0.05) is 39.1 Å². The molecule has 26 heavy (non-hydrogen) atoms. The number of esters is 1. The highest BCUT2D eigenvalue weighted by Crippen LogP contribution is 2.34. The Morgan fingerprint density at radius 3 is 2.81 bits per heavy atom. The first-order valence-corrected chi connectivity index (χ1v) is 10.1. The molecule has 0 aliphatic carbocycles. The zero-order valence-corrected chi connectivity index (χ0v) is 17.1. The second-order valence-electron chi connectivity index (χ2n) is 5.80. The van der Waals surface area contributed by atoms with Crippen molar-refractivity contribution < 1.29 is 17.9 Å². The Balaban J connectivity index is 0.00000243. The van der Waals surface area contributed by atoms with E-state index in [2.05, 4.69) is 10.3 Å². The van der Waals surface area contributed by atoms with Crippen LogP contribution < -0.4 is 5.32 Å². The number of ether oxygens (including phenoxy) is 1. The first kappa shape index (κ1) is 20.8. The van der Waals surface area contributed by atoms with Crippen molar-refractivity contribution in [2.75, 3.05) is 26.7 Å². The number of rotatable bonds is 4. The summed E-state index contributed by atoms with van der Waals surface area (Å²) < 4.78 is 34.8. The number of hydrogen-bond donors (Lipinski definition) is 1. The highest BCUT2D eigenvalue weighted by atomic mass is 35.5. The Hall–Kier alpha value is -1.46. The Kier molecular flexibility index (Phi) is 6.46. The zero-order chi connectivity index (χ0) is 18.2.